The van der Waals surface area contributed by atoms with E-state index in [2.05, 4.69) is 81.0 Å². The zero-order valence-electron chi connectivity index (χ0n) is 41.2. The van der Waals surface area contributed by atoms with Crippen LogP contribution in [0.25, 0.3) is 22.3 Å². The quantitative estimate of drug-likeness (QED) is 0.0318. The molecule has 73 heavy (non-hydrogen) atoms. The lowest BCUT2D eigenvalue weighted by molar-refractivity contribution is -0.132. The fourth-order valence-electron chi connectivity index (χ4n) is 8.48. The normalized spacial score (nSPS) is 12.6. The van der Waals surface area contributed by atoms with Crippen LogP contribution in [0.1, 0.15) is 53.4 Å². The number of nitrogens with one attached hydrogen (secondary N) is 5. The van der Waals surface area contributed by atoms with Crippen molar-refractivity contribution in [2.24, 2.45) is 0 Å². The number of carbonyl (C=O) groups is 5. The van der Waals surface area contributed by atoms with Gasteiger partial charge in [-0.25, -0.2) is 9.59 Å². The summed E-state index contributed by atoms with van der Waals surface area (Å²) in [4.78, 5) is 62.2. The molecule has 1 atom stereocenters. The van der Waals surface area contributed by atoms with Crippen molar-refractivity contribution < 1.29 is 61.9 Å². The van der Waals surface area contributed by atoms with Gasteiger partial charge >= 0.3 is 12.2 Å². The average molecular weight is 1010 g/mol. The van der Waals surface area contributed by atoms with Crippen molar-refractivity contribution in [3.63, 3.8) is 0 Å². The number of amides is 5. The number of hydrogen-bond donors (Lipinski definition) is 5. The molecule has 0 unspecified atom stereocenters. The zero-order chi connectivity index (χ0) is 51.3. The highest BCUT2D eigenvalue weighted by molar-refractivity contribution is 5.88. The van der Waals surface area contributed by atoms with E-state index in [1.54, 1.807) is 0 Å². The van der Waals surface area contributed by atoms with E-state index < -0.39 is 30.0 Å². The maximum absolute atomic E-state index is 12.7. The lowest BCUT2D eigenvalue weighted by Gasteiger charge is -2.18. The van der Waals surface area contributed by atoms with E-state index >= 15 is 0 Å². The van der Waals surface area contributed by atoms with E-state index in [0.717, 1.165) is 22.3 Å². The van der Waals surface area contributed by atoms with Gasteiger partial charge in [0.15, 0.2) is 0 Å². The van der Waals surface area contributed by atoms with E-state index in [1.807, 2.05) is 48.5 Å². The number of carbonyl (C=O) groups excluding carboxylic acids is 5. The van der Waals surface area contributed by atoms with Gasteiger partial charge in [-0.3, -0.25) is 14.4 Å². The molecule has 4 aromatic carbocycles. The summed E-state index contributed by atoms with van der Waals surface area (Å²) in [5.41, 5.74) is 9.27. The fraction of sp³-hybridized carbons (Fsp3) is 0.436. The molecule has 0 saturated carbocycles. The van der Waals surface area contributed by atoms with Gasteiger partial charge in [-0.15, -0.1) is 6.42 Å². The summed E-state index contributed by atoms with van der Waals surface area (Å²) in [6.45, 7) is 3.63. The summed E-state index contributed by atoms with van der Waals surface area (Å²) in [5.74, 6) is 1.14. The number of benzene rings is 4. The van der Waals surface area contributed by atoms with Crippen molar-refractivity contribution in [1.82, 2.24) is 26.6 Å². The monoisotopic (exact) mass is 1010 g/mol. The van der Waals surface area contributed by atoms with E-state index in [4.69, 9.17) is 44.3 Å². The van der Waals surface area contributed by atoms with Crippen molar-refractivity contribution in [3.8, 4) is 34.6 Å². The molecular formula is C55H67N5O13. The first-order valence-corrected chi connectivity index (χ1v) is 24.8. The molecule has 0 radical (unpaired) electrons. The van der Waals surface area contributed by atoms with Gasteiger partial charge in [0.2, 0.25) is 17.7 Å². The van der Waals surface area contributed by atoms with E-state index in [-0.39, 0.29) is 96.9 Å². The number of alkyl carbamates (subject to hydrolysis) is 2. The molecule has 6 rings (SSSR count). The topological polar surface area (TPSA) is 219 Å². The maximum Gasteiger partial charge on any atom is 0.407 e. The largest absolute Gasteiger partial charge is 0.449 e. The summed E-state index contributed by atoms with van der Waals surface area (Å²) >= 11 is 0. The second-order valence-corrected chi connectivity index (χ2v) is 16.9. The van der Waals surface area contributed by atoms with Crippen LogP contribution in [0.3, 0.4) is 0 Å². The predicted octanol–water partition coefficient (Wildman–Crippen LogP) is 4.68. The number of terminal acetylenes is 1. The minimum Gasteiger partial charge on any atom is -0.449 e. The molecule has 4 aromatic rings. The van der Waals surface area contributed by atoms with Crippen molar-refractivity contribution in [1.29, 1.82) is 0 Å². The van der Waals surface area contributed by atoms with Crippen LogP contribution in [0.4, 0.5) is 9.59 Å². The van der Waals surface area contributed by atoms with Crippen LogP contribution >= 0.6 is 0 Å². The zero-order valence-corrected chi connectivity index (χ0v) is 41.2. The van der Waals surface area contributed by atoms with Crippen LogP contribution in [0, 0.1) is 12.3 Å². The predicted molar refractivity (Wildman–Crippen MR) is 272 cm³/mol. The lowest BCUT2D eigenvalue weighted by atomic mass is 9.98. The highest BCUT2D eigenvalue weighted by Crippen LogP contribution is 2.45. The van der Waals surface area contributed by atoms with Gasteiger partial charge in [0.05, 0.1) is 72.6 Å². The SMILES string of the molecule is C#CCNC(=O)[C@H](CCCCNC(=O)COCCOCCOCCNC(=O)OCC1c2ccccc2-c2ccccc21)NC(=O)COCCOCCOCCNC(=O)OCC1c2ccccc2-c2ccccc21. The van der Waals surface area contributed by atoms with Gasteiger partial charge in [0.25, 0.3) is 0 Å². The first-order chi connectivity index (χ1) is 35.8. The third-order valence-electron chi connectivity index (χ3n) is 11.9. The Bertz CT molecular complexity index is 2340. The number of hydrogen-bond acceptors (Lipinski definition) is 13. The number of unbranched alkanes of at least 4 members (excludes halogenated alkanes) is 1. The summed E-state index contributed by atoms with van der Waals surface area (Å²) in [6.07, 6.45) is 5.68. The smallest absolute Gasteiger partial charge is 0.407 e. The van der Waals surface area contributed by atoms with E-state index in [9.17, 15) is 24.0 Å². The minimum atomic E-state index is -0.841. The number of rotatable bonds is 34. The number of fused-ring (bicyclic) bond motifs is 6. The molecule has 0 aliphatic heterocycles. The Hall–Kier alpha value is -6.85. The van der Waals surface area contributed by atoms with Gasteiger partial charge in [0, 0.05) is 31.5 Å². The fourth-order valence-corrected chi connectivity index (χ4v) is 8.48. The van der Waals surface area contributed by atoms with Crippen LogP contribution in [0.15, 0.2) is 97.1 Å². The third-order valence-corrected chi connectivity index (χ3v) is 11.9. The van der Waals surface area contributed by atoms with Gasteiger partial charge in [-0.05, 0) is 63.8 Å². The Morgan fingerprint density at radius 1 is 0.466 bits per heavy atom. The molecule has 0 bridgehead atoms. The number of ether oxygens (including phenoxy) is 8. The molecule has 5 N–H and O–H groups in total. The van der Waals surface area contributed by atoms with Crippen LogP contribution in [-0.2, 0) is 52.3 Å². The summed E-state index contributed by atoms with van der Waals surface area (Å²) in [7, 11) is 0. The Balaban J connectivity index is 0.695. The van der Waals surface area contributed by atoms with Crippen LogP contribution in [0.2, 0.25) is 0 Å². The Labute approximate surface area is 426 Å². The Morgan fingerprint density at radius 2 is 0.863 bits per heavy atom. The van der Waals surface area contributed by atoms with Gasteiger partial charge in [0.1, 0.15) is 32.5 Å². The Morgan fingerprint density at radius 3 is 1.30 bits per heavy atom. The first-order valence-electron chi connectivity index (χ1n) is 24.8. The maximum atomic E-state index is 12.7. The van der Waals surface area contributed by atoms with Crippen molar-refractivity contribution in [2.45, 2.75) is 37.1 Å². The van der Waals surface area contributed by atoms with E-state index in [1.165, 1.54) is 22.3 Å². The first kappa shape index (κ1) is 55.5. The molecule has 0 saturated heterocycles. The molecule has 0 aromatic heterocycles. The molecule has 0 fully saturated rings. The minimum absolute atomic E-state index is 0.00644. The highest BCUT2D eigenvalue weighted by Gasteiger charge is 2.30. The Kier molecular flexibility index (Phi) is 24.0. The molecule has 18 nitrogen and oxygen atoms in total. The molecule has 5 amide bonds. The standard InChI is InChI=1S/C55H67N5O13/c1-2-22-57-53(63)50(60-52(62)39-71-35-33-69-31-29-67-27-25-59-55(65)73-37-49-46-19-9-5-15-42(46)43-16-6-10-20-47(43)49)21-11-12-23-56-51(61)38-70-34-32-68-30-28-66-26-24-58-54(64)72-36-48-44-17-7-3-13-40(44)41-14-4-8-18-45(41)48/h1,3-10,13-20,48-50H,11-12,21-39H2,(H,56,61)(H,57,63)(H,58,64)(H,59,65)(H,60,62)/t50-/m0/s1. The van der Waals surface area contributed by atoms with Crippen LogP contribution < -0.4 is 26.6 Å². The van der Waals surface area contributed by atoms with Crippen LogP contribution in [0.5, 0.6) is 0 Å². The van der Waals surface area contributed by atoms with Gasteiger partial charge < -0.3 is 64.5 Å². The molecule has 0 heterocycles. The van der Waals surface area contributed by atoms with E-state index in [0.29, 0.717) is 58.8 Å². The second-order valence-electron chi connectivity index (χ2n) is 16.9. The third kappa shape index (κ3) is 18.3. The van der Waals surface area contributed by atoms with Gasteiger partial charge in [-0.1, -0.05) is 103 Å². The van der Waals surface area contributed by atoms with Crippen LogP contribution in [-0.4, -0.2) is 155 Å². The lowest BCUT2D eigenvalue weighted by Crippen LogP contribution is -2.48. The van der Waals surface area contributed by atoms with Gasteiger partial charge in [-0.2, -0.15) is 0 Å². The molecule has 2 aliphatic rings. The van der Waals surface area contributed by atoms with Crippen molar-refractivity contribution >= 4 is 29.9 Å². The summed E-state index contributed by atoms with van der Waals surface area (Å²) in [5, 5.41) is 13.5. The van der Waals surface area contributed by atoms with Crippen molar-refractivity contribution in [2.75, 3.05) is 119 Å². The molecule has 0 spiro atoms. The average Bonchev–Trinajstić information content (AvgIpc) is 3.91. The second kappa shape index (κ2) is 31.6. The summed E-state index contributed by atoms with van der Waals surface area (Å²) in [6, 6.07) is 31.8. The van der Waals surface area contributed by atoms with Crippen molar-refractivity contribution in [3.05, 3.63) is 119 Å². The molecule has 390 valence electrons. The molecular weight excluding hydrogens is 939 g/mol. The molecule has 2 aliphatic carbocycles. The summed E-state index contributed by atoms with van der Waals surface area (Å²) < 4.78 is 43.9. The molecule has 18 heteroatoms. The highest BCUT2D eigenvalue weighted by atomic mass is 16.6.